The van der Waals surface area contributed by atoms with Crippen LogP contribution in [0.4, 0.5) is 5.95 Å². The Hall–Kier alpha value is -2.04. The molecule has 0 radical (unpaired) electrons. The molecule has 0 aliphatic carbocycles. The smallest absolute Gasteiger partial charge is 0.260 e. The summed E-state index contributed by atoms with van der Waals surface area (Å²) in [4.78, 5) is 3.96. The number of hydrogen-bond donors (Lipinski definition) is 1. The van der Waals surface area contributed by atoms with Crippen LogP contribution < -0.4 is 10.5 Å². The molecule has 0 unspecified atom stereocenters. The molecule has 1 aromatic carbocycles. The van der Waals surface area contributed by atoms with Crippen LogP contribution in [-0.2, 0) is 6.42 Å². The van der Waals surface area contributed by atoms with E-state index in [1.165, 1.54) is 0 Å². The van der Waals surface area contributed by atoms with E-state index in [-0.39, 0.29) is 5.95 Å². The summed E-state index contributed by atoms with van der Waals surface area (Å²) >= 11 is 0. The number of rotatable bonds is 3. The Morgan fingerprint density at radius 2 is 2.25 bits per heavy atom. The normalized spacial score (nSPS) is 10.4. The van der Waals surface area contributed by atoms with Crippen LogP contribution >= 0.6 is 0 Å². The molecular weight excluding hydrogens is 206 g/mol. The minimum atomic E-state index is 0.154. The second-order valence-electron chi connectivity index (χ2n) is 3.49. The average molecular weight is 219 g/mol. The predicted molar refractivity (Wildman–Crippen MR) is 59.2 cm³/mol. The van der Waals surface area contributed by atoms with Crippen molar-refractivity contribution in [1.29, 1.82) is 0 Å². The van der Waals surface area contributed by atoms with Crippen LogP contribution in [0.1, 0.15) is 17.0 Å². The van der Waals surface area contributed by atoms with Crippen molar-refractivity contribution in [1.82, 2.24) is 10.1 Å². The lowest BCUT2D eigenvalue weighted by molar-refractivity contribution is 0.379. The molecule has 1 aromatic heterocycles. The molecule has 0 bridgehead atoms. The third kappa shape index (κ3) is 1.98. The van der Waals surface area contributed by atoms with Crippen LogP contribution in [0.5, 0.6) is 5.75 Å². The van der Waals surface area contributed by atoms with E-state index in [0.29, 0.717) is 12.3 Å². The second-order valence-corrected chi connectivity index (χ2v) is 3.49. The average Bonchev–Trinajstić information content (AvgIpc) is 2.64. The Morgan fingerprint density at radius 3 is 2.88 bits per heavy atom. The summed E-state index contributed by atoms with van der Waals surface area (Å²) in [5, 5.41) is 3.54. The third-order valence-corrected chi connectivity index (χ3v) is 2.32. The van der Waals surface area contributed by atoms with E-state index in [1.807, 2.05) is 25.1 Å². The van der Waals surface area contributed by atoms with Crippen molar-refractivity contribution in [3.05, 3.63) is 35.2 Å². The number of nitrogens with two attached hydrogens (primary N) is 1. The number of para-hydroxylation sites is 1. The SMILES string of the molecule is COc1c(C)cccc1Cc1nc(N)no1. The number of nitrogens with zero attached hydrogens (tertiary/aromatic N) is 2. The topological polar surface area (TPSA) is 74.2 Å². The van der Waals surface area contributed by atoms with E-state index in [9.17, 15) is 0 Å². The number of hydrogen-bond acceptors (Lipinski definition) is 5. The molecule has 84 valence electrons. The first-order valence-corrected chi connectivity index (χ1v) is 4.91. The zero-order valence-electron chi connectivity index (χ0n) is 9.23. The summed E-state index contributed by atoms with van der Waals surface area (Å²) in [6, 6.07) is 5.92. The van der Waals surface area contributed by atoms with Gasteiger partial charge in [0.15, 0.2) is 0 Å². The van der Waals surface area contributed by atoms with Gasteiger partial charge in [-0.05, 0) is 17.6 Å². The van der Waals surface area contributed by atoms with Gasteiger partial charge < -0.3 is 15.0 Å². The maximum absolute atomic E-state index is 5.39. The molecule has 2 aromatic rings. The maximum atomic E-state index is 5.39. The van der Waals surface area contributed by atoms with E-state index < -0.39 is 0 Å². The minimum absolute atomic E-state index is 0.154. The number of aryl methyl sites for hydroxylation is 1. The lowest BCUT2D eigenvalue weighted by atomic mass is 10.1. The monoisotopic (exact) mass is 219 g/mol. The molecule has 2 rings (SSSR count). The van der Waals surface area contributed by atoms with Gasteiger partial charge in [0.2, 0.25) is 5.89 Å². The van der Waals surface area contributed by atoms with Gasteiger partial charge in [-0.2, -0.15) is 4.98 Å². The first-order valence-electron chi connectivity index (χ1n) is 4.91. The van der Waals surface area contributed by atoms with Crippen molar-refractivity contribution in [3.63, 3.8) is 0 Å². The second kappa shape index (κ2) is 4.22. The number of methoxy groups -OCH3 is 1. The third-order valence-electron chi connectivity index (χ3n) is 2.32. The Bertz CT molecular complexity index is 494. The number of ether oxygens (including phenoxy) is 1. The molecule has 0 saturated heterocycles. The van der Waals surface area contributed by atoms with Crippen molar-refractivity contribution < 1.29 is 9.26 Å². The highest BCUT2D eigenvalue weighted by molar-refractivity contribution is 5.42. The summed E-state index contributed by atoms with van der Waals surface area (Å²) in [5.74, 6) is 1.49. The van der Waals surface area contributed by atoms with Crippen LogP contribution in [0.3, 0.4) is 0 Å². The zero-order chi connectivity index (χ0) is 11.5. The molecule has 16 heavy (non-hydrogen) atoms. The Kier molecular flexibility index (Phi) is 2.76. The number of nitrogen functional groups attached to an aromatic ring is 1. The van der Waals surface area contributed by atoms with Gasteiger partial charge in [-0.25, -0.2) is 0 Å². The maximum Gasteiger partial charge on any atom is 0.260 e. The Morgan fingerprint density at radius 1 is 1.44 bits per heavy atom. The van der Waals surface area contributed by atoms with Gasteiger partial charge in [-0.15, -0.1) is 0 Å². The lowest BCUT2D eigenvalue weighted by Gasteiger charge is -2.09. The molecule has 5 heteroatoms. The van der Waals surface area contributed by atoms with Crippen molar-refractivity contribution in [3.8, 4) is 5.75 Å². The largest absolute Gasteiger partial charge is 0.496 e. The molecule has 0 fully saturated rings. The molecular formula is C11H13N3O2. The molecule has 2 N–H and O–H groups in total. The molecule has 1 heterocycles. The van der Waals surface area contributed by atoms with E-state index in [0.717, 1.165) is 16.9 Å². The van der Waals surface area contributed by atoms with Gasteiger partial charge in [0.25, 0.3) is 5.95 Å². The standard InChI is InChI=1S/C11H13N3O2/c1-7-4-3-5-8(10(7)15-2)6-9-13-11(12)14-16-9/h3-5H,6H2,1-2H3,(H2,12,14). The van der Waals surface area contributed by atoms with Crippen LogP contribution in [0.25, 0.3) is 0 Å². The van der Waals surface area contributed by atoms with E-state index >= 15 is 0 Å². The van der Waals surface area contributed by atoms with Crippen molar-refractivity contribution in [2.75, 3.05) is 12.8 Å². The highest BCUT2D eigenvalue weighted by Crippen LogP contribution is 2.24. The predicted octanol–water partition coefficient (Wildman–Crippen LogP) is 1.56. The number of aromatic nitrogens is 2. The molecule has 0 aliphatic heterocycles. The first kappa shape index (κ1) is 10.5. The summed E-state index contributed by atoms with van der Waals surface area (Å²) in [6.45, 7) is 1.99. The zero-order valence-corrected chi connectivity index (χ0v) is 9.23. The van der Waals surface area contributed by atoms with Crippen LogP contribution in [-0.4, -0.2) is 17.3 Å². The van der Waals surface area contributed by atoms with E-state index in [2.05, 4.69) is 10.1 Å². The molecule has 0 aliphatic rings. The molecule has 5 nitrogen and oxygen atoms in total. The van der Waals surface area contributed by atoms with Gasteiger partial charge >= 0.3 is 0 Å². The minimum Gasteiger partial charge on any atom is -0.496 e. The summed E-state index contributed by atoms with van der Waals surface area (Å²) in [6.07, 6.45) is 0.523. The number of anilines is 1. The van der Waals surface area contributed by atoms with Crippen LogP contribution in [0, 0.1) is 6.92 Å². The van der Waals surface area contributed by atoms with E-state index in [4.69, 9.17) is 15.0 Å². The molecule has 0 atom stereocenters. The highest BCUT2D eigenvalue weighted by Gasteiger charge is 2.10. The highest BCUT2D eigenvalue weighted by atomic mass is 16.5. The Balaban J connectivity index is 2.30. The molecule has 0 saturated carbocycles. The van der Waals surface area contributed by atoms with E-state index in [1.54, 1.807) is 7.11 Å². The fraction of sp³-hybridized carbons (Fsp3) is 0.273. The summed E-state index contributed by atoms with van der Waals surface area (Å²) < 4.78 is 10.3. The number of benzene rings is 1. The summed E-state index contributed by atoms with van der Waals surface area (Å²) in [5.41, 5.74) is 7.47. The Labute approximate surface area is 93.2 Å². The van der Waals surface area contributed by atoms with Crippen molar-refractivity contribution >= 4 is 5.95 Å². The first-order chi connectivity index (χ1) is 7.70. The van der Waals surface area contributed by atoms with Crippen LogP contribution in [0.15, 0.2) is 22.7 Å². The van der Waals surface area contributed by atoms with Gasteiger partial charge in [-0.3, -0.25) is 0 Å². The lowest BCUT2D eigenvalue weighted by Crippen LogP contribution is -1.96. The molecule has 0 spiro atoms. The fourth-order valence-electron chi connectivity index (χ4n) is 1.65. The van der Waals surface area contributed by atoms with Crippen LogP contribution in [0.2, 0.25) is 0 Å². The fourth-order valence-corrected chi connectivity index (χ4v) is 1.65. The van der Waals surface area contributed by atoms with Crippen molar-refractivity contribution in [2.45, 2.75) is 13.3 Å². The summed E-state index contributed by atoms with van der Waals surface area (Å²) in [7, 11) is 1.65. The van der Waals surface area contributed by atoms with Gasteiger partial charge in [-0.1, -0.05) is 18.2 Å². The van der Waals surface area contributed by atoms with Gasteiger partial charge in [0.05, 0.1) is 13.5 Å². The van der Waals surface area contributed by atoms with Gasteiger partial charge in [0, 0.05) is 5.56 Å². The van der Waals surface area contributed by atoms with Gasteiger partial charge in [0.1, 0.15) is 5.75 Å². The quantitative estimate of drug-likeness (QED) is 0.847. The van der Waals surface area contributed by atoms with Crippen molar-refractivity contribution in [2.24, 2.45) is 0 Å². The molecule has 0 amide bonds.